The molecule has 0 unspecified atom stereocenters. The van der Waals surface area contributed by atoms with Gasteiger partial charge in [-0.1, -0.05) is 60.7 Å². The van der Waals surface area contributed by atoms with E-state index in [4.69, 9.17) is 9.47 Å². The zero-order valence-corrected chi connectivity index (χ0v) is 30.4. The highest BCUT2D eigenvalue weighted by Crippen LogP contribution is 2.35. The van der Waals surface area contributed by atoms with E-state index in [9.17, 15) is 19.2 Å². The van der Waals surface area contributed by atoms with E-state index in [2.05, 4.69) is 33.2 Å². The third-order valence-electron chi connectivity index (χ3n) is 7.82. The summed E-state index contributed by atoms with van der Waals surface area (Å²) in [5.41, 5.74) is 2.92. The van der Waals surface area contributed by atoms with E-state index in [0.717, 1.165) is 9.13 Å². The second-order valence-corrected chi connectivity index (χ2v) is 13.9. The van der Waals surface area contributed by atoms with Crippen LogP contribution in [0.3, 0.4) is 0 Å². The van der Waals surface area contributed by atoms with Gasteiger partial charge in [-0.25, -0.2) is 4.90 Å². The lowest BCUT2D eigenvalue weighted by atomic mass is 10.1. The molecule has 0 bridgehead atoms. The first-order valence-corrected chi connectivity index (χ1v) is 17.9. The average Bonchev–Trinajstić information content (AvgIpc) is 3.43. The summed E-state index contributed by atoms with van der Waals surface area (Å²) >= 11 is 3.43. The van der Waals surface area contributed by atoms with E-state index in [-0.39, 0.29) is 23.9 Å². The minimum atomic E-state index is -0.614. The number of hydrogen-bond acceptors (Lipinski definition) is 7. The lowest BCUT2D eigenvalue weighted by molar-refractivity contribution is -0.121. The van der Waals surface area contributed by atoms with Crippen molar-refractivity contribution in [2.45, 2.75) is 23.2 Å². The first kappa shape index (κ1) is 35.4. The van der Waals surface area contributed by atoms with Gasteiger partial charge in [-0.2, -0.15) is 0 Å². The molecule has 11 heteroatoms. The summed E-state index contributed by atoms with van der Waals surface area (Å²) in [5, 5.41) is 5.02. The summed E-state index contributed by atoms with van der Waals surface area (Å²) in [6, 6.07) is 37.7. The maximum atomic E-state index is 13.8. The van der Waals surface area contributed by atoms with E-state index >= 15 is 0 Å². The number of anilines is 2. The largest absolute Gasteiger partial charge is 0.493 e. The molecular weight excluding hydrogens is 777 g/mol. The number of imide groups is 1. The molecule has 51 heavy (non-hydrogen) atoms. The minimum absolute atomic E-state index is 0.00850. The fourth-order valence-corrected chi connectivity index (χ4v) is 6.78. The first-order chi connectivity index (χ1) is 24.8. The van der Waals surface area contributed by atoms with Crippen LogP contribution in [0.5, 0.6) is 11.5 Å². The fraction of sp³-hybridized carbons (Fsp3) is 0.100. The molecule has 0 saturated carbocycles. The molecule has 6 rings (SSSR count). The second kappa shape index (κ2) is 16.5. The zero-order valence-electron chi connectivity index (χ0n) is 27.4. The van der Waals surface area contributed by atoms with Crippen molar-refractivity contribution in [1.29, 1.82) is 0 Å². The highest BCUT2D eigenvalue weighted by Gasteiger charge is 2.40. The number of benzene rings is 5. The Labute approximate surface area is 313 Å². The topological polar surface area (TPSA) is 114 Å². The van der Waals surface area contributed by atoms with Crippen LogP contribution in [0, 0.1) is 3.57 Å². The molecule has 1 aliphatic rings. The normalized spacial score (nSPS) is 14.3. The predicted octanol–water partition coefficient (Wildman–Crippen LogP) is 7.71. The van der Waals surface area contributed by atoms with Gasteiger partial charge in [-0.05, 0) is 107 Å². The van der Waals surface area contributed by atoms with Crippen LogP contribution in [0.15, 0.2) is 138 Å². The van der Waals surface area contributed by atoms with Crippen molar-refractivity contribution in [2.75, 3.05) is 17.3 Å². The van der Waals surface area contributed by atoms with Crippen molar-refractivity contribution in [3.8, 4) is 11.5 Å². The van der Waals surface area contributed by atoms with E-state index in [1.807, 2.05) is 48.5 Å². The summed E-state index contributed by atoms with van der Waals surface area (Å²) in [6.45, 7) is 0.307. The van der Waals surface area contributed by atoms with Gasteiger partial charge in [0.1, 0.15) is 12.3 Å². The Morgan fingerprint density at radius 2 is 1.59 bits per heavy atom. The number of hydrogen-bond donors (Lipinski definition) is 2. The van der Waals surface area contributed by atoms with Crippen molar-refractivity contribution in [2.24, 2.45) is 0 Å². The standard InChI is InChI=1S/C40H32IN3O6S/c1-49-34-20-15-27(22-35(34)50-25-26-9-4-2-5-10-26)21-33(43-38(46)28-11-6-3-7-12-28)39(47)42-30-13-8-14-32(23-30)51-36-24-37(45)44(40(36)48)31-18-16-29(41)17-19-31/h2-23,36H,24-25H2,1H3,(H,42,47)(H,43,46)/b33-21-/t36-/m1/s1. The van der Waals surface area contributed by atoms with Crippen LogP contribution < -0.4 is 25.0 Å². The van der Waals surface area contributed by atoms with Crippen LogP contribution >= 0.6 is 34.4 Å². The Hall–Kier alpha value is -5.40. The quantitative estimate of drug-likeness (QED) is 0.0755. The molecular formula is C40H32IN3O6S. The molecule has 0 radical (unpaired) electrons. The number of methoxy groups -OCH3 is 1. The van der Waals surface area contributed by atoms with Crippen LogP contribution in [0.25, 0.3) is 6.08 Å². The van der Waals surface area contributed by atoms with E-state index in [1.54, 1.807) is 92.0 Å². The number of rotatable bonds is 12. The fourth-order valence-electron chi connectivity index (χ4n) is 5.31. The number of amides is 4. The number of nitrogens with zero attached hydrogens (tertiary/aromatic N) is 1. The predicted molar refractivity (Wildman–Crippen MR) is 207 cm³/mol. The van der Waals surface area contributed by atoms with E-state index in [1.165, 1.54) is 16.7 Å². The lowest BCUT2D eigenvalue weighted by Gasteiger charge is -2.15. The molecule has 256 valence electrons. The van der Waals surface area contributed by atoms with Crippen LogP contribution in [-0.2, 0) is 21.0 Å². The number of thioether (sulfide) groups is 1. The maximum absolute atomic E-state index is 13.8. The maximum Gasteiger partial charge on any atom is 0.272 e. The highest BCUT2D eigenvalue weighted by molar-refractivity contribution is 14.1. The molecule has 1 heterocycles. The van der Waals surface area contributed by atoms with E-state index in [0.29, 0.717) is 45.5 Å². The molecule has 4 amide bonds. The van der Waals surface area contributed by atoms with Gasteiger partial charge in [0.05, 0.1) is 18.0 Å². The summed E-state index contributed by atoms with van der Waals surface area (Å²) in [7, 11) is 1.55. The van der Waals surface area contributed by atoms with Gasteiger partial charge in [0.15, 0.2) is 11.5 Å². The first-order valence-electron chi connectivity index (χ1n) is 15.9. The smallest absolute Gasteiger partial charge is 0.272 e. The Bertz CT molecular complexity index is 2090. The Morgan fingerprint density at radius 1 is 0.863 bits per heavy atom. The summed E-state index contributed by atoms with van der Waals surface area (Å²) in [4.78, 5) is 55.1. The molecule has 9 nitrogen and oxygen atoms in total. The molecule has 5 aromatic rings. The van der Waals surface area contributed by atoms with Crippen molar-refractivity contribution >= 4 is 75.4 Å². The van der Waals surface area contributed by atoms with Gasteiger partial charge in [0.25, 0.3) is 11.8 Å². The Balaban J connectivity index is 1.22. The number of carbonyl (C=O) groups is 4. The van der Waals surface area contributed by atoms with Crippen molar-refractivity contribution in [3.05, 3.63) is 153 Å². The van der Waals surface area contributed by atoms with Crippen molar-refractivity contribution in [3.63, 3.8) is 0 Å². The van der Waals surface area contributed by atoms with Crippen LogP contribution in [0.1, 0.15) is 27.9 Å². The van der Waals surface area contributed by atoms with Gasteiger partial charge in [0, 0.05) is 26.1 Å². The molecule has 1 aliphatic heterocycles. The highest BCUT2D eigenvalue weighted by atomic mass is 127. The summed E-state index contributed by atoms with van der Waals surface area (Å²) < 4.78 is 12.6. The van der Waals surface area contributed by atoms with Gasteiger partial charge in [0.2, 0.25) is 11.8 Å². The van der Waals surface area contributed by atoms with Crippen molar-refractivity contribution in [1.82, 2.24) is 5.32 Å². The Kier molecular flexibility index (Phi) is 11.5. The third-order valence-corrected chi connectivity index (χ3v) is 9.72. The van der Waals surface area contributed by atoms with Gasteiger partial charge < -0.3 is 20.1 Å². The Morgan fingerprint density at radius 3 is 2.31 bits per heavy atom. The van der Waals surface area contributed by atoms with Gasteiger partial charge in [-0.15, -0.1) is 11.8 Å². The molecule has 0 aliphatic carbocycles. The number of nitrogens with one attached hydrogen (secondary N) is 2. The van der Waals surface area contributed by atoms with E-state index < -0.39 is 17.1 Å². The number of carbonyl (C=O) groups excluding carboxylic acids is 4. The van der Waals surface area contributed by atoms with Crippen LogP contribution in [0.4, 0.5) is 11.4 Å². The summed E-state index contributed by atoms with van der Waals surface area (Å²) in [5.74, 6) is -0.603. The zero-order chi connectivity index (χ0) is 35.7. The number of ether oxygens (including phenoxy) is 2. The minimum Gasteiger partial charge on any atom is -0.493 e. The van der Waals surface area contributed by atoms with Crippen LogP contribution in [-0.4, -0.2) is 36.0 Å². The third kappa shape index (κ3) is 9.04. The molecule has 5 aromatic carbocycles. The molecule has 1 saturated heterocycles. The van der Waals surface area contributed by atoms with Crippen molar-refractivity contribution < 1.29 is 28.7 Å². The lowest BCUT2D eigenvalue weighted by Crippen LogP contribution is -2.31. The van der Waals surface area contributed by atoms with Gasteiger partial charge >= 0.3 is 0 Å². The molecule has 0 aromatic heterocycles. The summed E-state index contributed by atoms with van der Waals surface area (Å²) in [6.07, 6.45) is 1.62. The van der Waals surface area contributed by atoms with Crippen LogP contribution in [0.2, 0.25) is 0 Å². The monoisotopic (exact) mass is 809 g/mol. The average molecular weight is 810 g/mol. The molecule has 1 atom stereocenters. The number of halogens is 1. The second-order valence-electron chi connectivity index (χ2n) is 11.4. The molecule has 2 N–H and O–H groups in total. The van der Waals surface area contributed by atoms with Gasteiger partial charge in [-0.3, -0.25) is 19.2 Å². The SMILES string of the molecule is COc1ccc(/C=C(\NC(=O)c2ccccc2)C(=O)Nc2cccc(S[C@@H]3CC(=O)N(c4ccc(I)cc4)C3=O)c2)cc1OCc1ccccc1. The molecule has 0 spiro atoms. The molecule has 1 fully saturated rings.